The van der Waals surface area contributed by atoms with E-state index in [0.29, 0.717) is 25.9 Å². The summed E-state index contributed by atoms with van der Waals surface area (Å²) >= 11 is 0. The molecule has 0 saturated heterocycles. The van der Waals surface area contributed by atoms with Crippen molar-refractivity contribution in [3.05, 3.63) is 59.3 Å². The van der Waals surface area contributed by atoms with E-state index in [2.05, 4.69) is 30.8 Å². The number of amides is 1. The Morgan fingerprint density at radius 3 is 2.35 bits per heavy atom. The molecule has 1 aromatic heterocycles. The fourth-order valence-corrected chi connectivity index (χ4v) is 3.83. The molecule has 4 nitrogen and oxygen atoms in total. The zero-order valence-corrected chi connectivity index (χ0v) is 19.7. The highest BCUT2D eigenvalue weighted by atomic mass is 19.1. The molecule has 0 aliphatic rings. The Morgan fingerprint density at radius 1 is 1.16 bits per heavy atom. The van der Waals surface area contributed by atoms with Gasteiger partial charge in [-0.2, -0.15) is 5.10 Å². The van der Waals surface area contributed by atoms with E-state index >= 15 is 0 Å². The van der Waals surface area contributed by atoms with Gasteiger partial charge in [-0.3, -0.25) is 9.18 Å². The van der Waals surface area contributed by atoms with Crippen LogP contribution in [0.4, 0.5) is 4.39 Å². The first-order valence-corrected chi connectivity index (χ1v) is 11.2. The molecular weight excluding hydrogens is 389 g/mol. The standard InChI is InChI=1S/C26H36FN3O/c1-7-29(8-2)25(31)18-24-21(6)30(20(5)17-19(3)4)28-26(24)23-14-12-22(13-15-23)11-9-10-16-27/h12-15,17H,3,7-11,16,18H2,1-2,4-6H3/b20-17-. The number of carbonyl (C=O) groups is 1. The van der Waals surface area contributed by atoms with Crippen LogP contribution in [0, 0.1) is 6.92 Å². The average Bonchev–Trinajstić information content (AvgIpc) is 3.05. The molecule has 2 aromatic rings. The van der Waals surface area contributed by atoms with Crippen molar-refractivity contribution < 1.29 is 9.18 Å². The zero-order chi connectivity index (χ0) is 23.0. The van der Waals surface area contributed by atoms with Crippen molar-refractivity contribution in [2.24, 2.45) is 0 Å². The summed E-state index contributed by atoms with van der Waals surface area (Å²) in [5, 5.41) is 4.89. The number of unbranched alkanes of at least 4 members (excludes halogenated alkanes) is 1. The number of alkyl halides is 1. The Kier molecular flexibility index (Phi) is 9.22. The van der Waals surface area contributed by atoms with Crippen molar-refractivity contribution in [2.45, 2.75) is 60.3 Å². The van der Waals surface area contributed by atoms with Gasteiger partial charge >= 0.3 is 0 Å². The van der Waals surface area contributed by atoms with Gasteiger partial charge < -0.3 is 4.90 Å². The van der Waals surface area contributed by atoms with Crippen LogP contribution >= 0.6 is 0 Å². The summed E-state index contributed by atoms with van der Waals surface area (Å²) in [5.74, 6) is 0.110. The van der Waals surface area contributed by atoms with Gasteiger partial charge in [-0.1, -0.05) is 36.4 Å². The average molecular weight is 426 g/mol. The first-order chi connectivity index (χ1) is 14.8. The number of likely N-dealkylation sites (N-methyl/N-ethyl adjacent to an activating group) is 1. The first-order valence-electron chi connectivity index (χ1n) is 11.2. The molecule has 168 valence electrons. The summed E-state index contributed by atoms with van der Waals surface area (Å²) in [4.78, 5) is 14.8. The molecule has 5 heteroatoms. The second-order valence-electron chi connectivity index (χ2n) is 8.04. The van der Waals surface area contributed by atoms with Gasteiger partial charge in [-0.05, 0) is 65.5 Å². The third-order valence-corrected chi connectivity index (χ3v) is 5.55. The fraction of sp³-hybridized carbons (Fsp3) is 0.462. The van der Waals surface area contributed by atoms with Gasteiger partial charge in [0.1, 0.15) is 0 Å². The van der Waals surface area contributed by atoms with Crippen molar-refractivity contribution in [3.63, 3.8) is 0 Å². The lowest BCUT2D eigenvalue weighted by molar-refractivity contribution is -0.130. The Morgan fingerprint density at radius 2 is 1.81 bits per heavy atom. The van der Waals surface area contributed by atoms with Crippen LogP contribution in [0.25, 0.3) is 17.0 Å². The van der Waals surface area contributed by atoms with E-state index in [1.165, 1.54) is 5.56 Å². The first kappa shape index (κ1) is 24.6. The Bertz CT molecular complexity index is 921. The maximum atomic E-state index is 12.9. The normalized spacial score (nSPS) is 11.6. The molecular formula is C26H36FN3O. The summed E-state index contributed by atoms with van der Waals surface area (Å²) in [6.07, 6.45) is 4.62. The van der Waals surface area contributed by atoms with Gasteiger partial charge in [-0.15, -0.1) is 0 Å². The van der Waals surface area contributed by atoms with E-state index in [-0.39, 0.29) is 12.6 Å². The highest BCUT2D eigenvalue weighted by Gasteiger charge is 2.21. The van der Waals surface area contributed by atoms with Crippen molar-refractivity contribution in [2.75, 3.05) is 19.8 Å². The molecule has 1 aromatic carbocycles. The maximum absolute atomic E-state index is 12.9. The molecule has 0 atom stereocenters. The number of nitrogens with zero attached hydrogens (tertiary/aromatic N) is 3. The molecule has 0 saturated carbocycles. The number of hydrogen-bond acceptors (Lipinski definition) is 2. The Hall–Kier alpha value is -2.69. The lowest BCUT2D eigenvalue weighted by Crippen LogP contribution is -2.32. The molecule has 0 spiro atoms. The molecule has 0 N–H and O–H groups in total. The van der Waals surface area contributed by atoms with E-state index in [0.717, 1.165) is 46.6 Å². The third kappa shape index (κ3) is 6.39. The molecule has 0 aliphatic heterocycles. The number of allylic oxidation sites excluding steroid dienone is 3. The van der Waals surface area contributed by atoms with Gasteiger partial charge in [0.15, 0.2) is 0 Å². The number of carbonyl (C=O) groups excluding carboxylic acids is 1. The van der Waals surface area contributed by atoms with Crippen LogP contribution in [0.3, 0.4) is 0 Å². The maximum Gasteiger partial charge on any atom is 0.227 e. The topological polar surface area (TPSA) is 38.1 Å². The number of hydrogen-bond donors (Lipinski definition) is 0. The Labute approximate surface area is 186 Å². The summed E-state index contributed by atoms with van der Waals surface area (Å²) in [6, 6.07) is 8.27. The highest BCUT2D eigenvalue weighted by Crippen LogP contribution is 2.29. The van der Waals surface area contributed by atoms with Crippen molar-refractivity contribution in [1.29, 1.82) is 0 Å². The second kappa shape index (κ2) is 11.6. The minimum absolute atomic E-state index is 0.110. The van der Waals surface area contributed by atoms with Crippen molar-refractivity contribution >= 4 is 11.6 Å². The number of aromatic nitrogens is 2. The van der Waals surface area contributed by atoms with Crippen molar-refractivity contribution in [3.8, 4) is 11.3 Å². The molecule has 0 fully saturated rings. The highest BCUT2D eigenvalue weighted by molar-refractivity contribution is 5.82. The van der Waals surface area contributed by atoms with Gasteiger partial charge in [0, 0.05) is 35.6 Å². The lowest BCUT2D eigenvalue weighted by atomic mass is 10.0. The number of halogens is 1. The summed E-state index contributed by atoms with van der Waals surface area (Å²) in [5.41, 5.74) is 6.86. The van der Waals surface area contributed by atoms with E-state index in [9.17, 15) is 9.18 Å². The smallest absolute Gasteiger partial charge is 0.227 e. The van der Waals surface area contributed by atoms with E-state index in [1.54, 1.807) is 0 Å². The van der Waals surface area contributed by atoms with Crippen LogP contribution in [-0.2, 0) is 17.6 Å². The monoisotopic (exact) mass is 425 g/mol. The summed E-state index contributed by atoms with van der Waals surface area (Å²) < 4.78 is 14.3. The number of aryl methyl sites for hydroxylation is 1. The zero-order valence-electron chi connectivity index (χ0n) is 19.7. The van der Waals surface area contributed by atoms with Crippen LogP contribution in [0.2, 0.25) is 0 Å². The van der Waals surface area contributed by atoms with Crippen LogP contribution in [0.5, 0.6) is 0 Å². The minimum Gasteiger partial charge on any atom is -0.343 e. The molecule has 1 amide bonds. The summed E-state index contributed by atoms with van der Waals surface area (Å²) in [7, 11) is 0. The largest absolute Gasteiger partial charge is 0.343 e. The molecule has 2 rings (SSSR count). The third-order valence-electron chi connectivity index (χ3n) is 5.55. The van der Waals surface area contributed by atoms with Gasteiger partial charge in [0.25, 0.3) is 0 Å². The van der Waals surface area contributed by atoms with Crippen LogP contribution < -0.4 is 0 Å². The van der Waals surface area contributed by atoms with Gasteiger partial charge in [-0.25, -0.2) is 4.68 Å². The SMILES string of the molecule is C=C(C)/C=C(/C)n1nc(-c2ccc(CCCCF)cc2)c(CC(=O)N(CC)CC)c1C. The quantitative estimate of drug-likeness (QED) is 0.327. The van der Waals surface area contributed by atoms with E-state index < -0.39 is 0 Å². The molecule has 0 aliphatic carbocycles. The van der Waals surface area contributed by atoms with Crippen LogP contribution in [0.1, 0.15) is 57.4 Å². The van der Waals surface area contributed by atoms with Crippen LogP contribution in [0.15, 0.2) is 42.5 Å². The van der Waals surface area contributed by atoms with E-state index in [4.69, 9.17) is 5.10 Å². The minimum atomic E-state index is -0.268. The molecule has 0 bridgehead atoms. The van der Waals surface area contributed by atoms with E-state index in [1.807, 2.05) is 50.3 Å². The summed E-state index contributed by atoms with van der Waals surface area (Å²) in [6.45, 7) is 15.1. The predicted octanol–water partition coefficient (Wildman–Crippen LogP) is 6.00. The Balaban J connectivity index is 2.46. The predicted molar refractivity (Wildman–Crippen MR) is 128 cm³/mol. The molecule has 1 heterocycles. The molecule has 31 heavy (non-hydrogen) atoms. The lowest BCUT2D eigenvalue weighted by Gasteiger charge is -2.18. The molecule has 0 radical (unpaired) electrons. The van der Waals surface area contributed by atoms with Crippen molar-refractivity contribution in [1.82, 2.24) is 14.7 Å². The number of rotatable bonds is 11. The molecule has 0 unspecified atom stereocenters. The van der Waals surface area contributed by atoms with Crippen LogP contribution in [-0.4, -0.2) is 40.4 Å². The second-order valence-corrected chi connectivity index (χ2v) is 8.04. The fourth-order valence-electron chi connectivity index (χ4n) is 3.83. The van der Waals surface area contributed by atoms with Gasteiger partial charge in [0.2, 0.25) is 5.91 Å². The number of benzene rings is 1. The van der Waals surface area contributed by atoms with Gasteiger partial charge in [0.05, 0.1) is 18.8 Å².